The van der Waals surface area contributed by atoms with Crippen LogP contribution in [0.3, 0.4) is 0 Å². The summed E-state index contributed by atoms with van der Waals surface area (Å²) in [5.41, 5.74) is -0.306. The molecule has 104 valence electrons. The fraction of sp³-hybridized carbons (Fsp3) is 0.357. The fourth-order valence-electron chi connectivity index (χ4n) is 1.49. The van der Waals surface area contributed by atoms with Crippen LogP contribution in [0.2, 0.25) is 0 Å². The standard InChI is InChI=1S/C14H18O5/c1-4-17-14(18-5-2,11(3)13(15)16)19-12-9-7-6-8-10-12/h6-10H,3-5H2,1-2H3,(H,15,16). The summed E-state index contributed by atoms with van der Waals surface area (Å²) >= 11 is 0. The molecule has 19 heavy (non-hydrogen) atoms. The first-order valence-electron chi connectivity index (χ1n) is 6.00. The smallest absolute Gasteiger partial charge is 0.363 e. The molecule has 0 amide bonds. The number of ether oxygens (including phenoxy) is 3. The van der Waals surface area contributed by atoms with Gasteiger partial charge in [-0.25, -0.2) is 4.79 Å². The van der Waals surface area contributed by atoms with Gasteiger partial charge in [0.25, 0.3) is 0 Å². The molecule has 0 heterocycles. The normalized spacial score (nSPS) is 11.1. The Morgan fingerprint density at radius 2 is 1.74 bits per heavy atom. The van der Waals surface area contributed by atoms with E-state index < -0.39 is 11.9 Å². The summed E-state index contributed by atoms with van der Waals surface area (Å²) in [7, 11) is 0. The van der Waals surface area contributed by atoms with Crippen LogP contribution in [0.1, 0.15) is 13.8 Å². The van der Waals surface area contributed by atoms with Crippen molar-refractivity contribution in [2.45, 2.75) is 19.8 Å². The zero-order valence-corrected chi connectivity index (χ0v) is 11.1. The van der Waals surface area contributed by atoms with Crippen molar-refractivity contribution in [3.8, 4) is 5.75 Å². The maximum atomic E-state index is 11.1. The van der Waals surface area contributed by atoms with E-state index >= 15 is 0 Å². The van der Waals surface area contributed by atoms with Gasteiger partial charge in [-0.15, -0.1) is 0 Å². The van der Waals surface area contributed by atoms with E-state index in [0.29, 0.717) is 5.75 Å². The van der Waals surface area contributed by atoms with Gasteiger partial charge < -0.3 is 19.3 Å². The predicted molar refractivity (Wildman–Crippen MR) is 69.8 cm³/mol. The minimum atomic E-state index is -1.81. The molecule has 1 rings (SSSR count). The quantitative estimate of drug-likeness (QED) is 0.578. The second kappa shape index (κ2) is 6.92. The van der Waals surface area contributed by atoms with Gasteiger partial charge in [-0.3, -0.25) is 0 Å². The van der Waals surface area contributed by atoms with Crippen LogP contribution < -0.4 is 4.74 Å². The first kappa shape index (κ1) is 15.2. The number of benzene rings is 1. The maximum Gasteiger partial charge on any atom is 0.363 e. The molecule has 1 aromatic rings. The van der Waals surface area contributed by atoms with Crippen LogP contribution in [-0.2, 0) is 14.3 Å². The molecule has 0 aliphatic heterocycles. The lowest BCUT2D eigenvalue weighted by atomic mass is 10.2. The number of carboxylic acid groups (broad SMARTS) is 1. The van der Waals surface area contributed by atoms with E-state index in [1.807, 2.05) is 6.07 Å². The van der Waals surface area contributed by atoms with Crippen LogP contribution in [0.5, 0.6) is 5.75 Å². The lowest BCUT2D eigenvalue weighted by molar-refractivity contribution is -0.314. The maximum absolute atomic E-state index is 11.1. The zero-order valence-electron chi connectivity index (χ0n) is 11.1. The highest BCUT2D eigenvalue weighted by Crippen LogP contribution is 2.27. The molecule has 0 saturated carbocycles. The van der Waals surface area contributed by atoms with Crippen LogP contribution >= 0.6 is 0 Å². The van der Waals surface area contributed by atoms with Crippen molar-refractivity contribution in [2.75, 3.05) is 13.2 Å². The van der Waals surface area contributed by atoms with E-state index in [9.17, 15) is 4.79 Å². The SMILES string of the molecule is C=C(C(=O)O)C(OCC)(OCC)Oc1ccccc1. The molecular formula is C14H18O5. The van der Waals surface area contributed by atoms with Gasteiger partial charge in [0.1, 0.15) is 11.3 Å². The second-order valence-corrected chi connectivity index (χ2v) is 3.62. The zero-order chi connectivity index (χ0) is 14.3. The average Bonchev–Trinajstić information content (AvgIpc) is 2.39. The summed E-state index contributed by atoms with van der Waals surface area (Å²) in [6.07, 6.45) is 0. The Morgan fingerprint density at radius 1 is 1.21 bits per heavy atom. The van der Waals surface area contributed by atoms with E-state index in [4.69, 9.17) is 19.3 Å². The Kier molecular flexibility index (Phi) is 5.54. The van der Waals surface area contributed by atoms with E-state index in [0.717, 1.165) is 0 Å². The van der Waals surface area contributed by atoms with Gasteiger partial charge in [-0.05, 0) is 26.0 Å². The third-order valence-electron chi connectivity index (χ3n) is 2.29. The van der Waals surface area contributed by atoms with Crippen LogP contribution in [0.4, 0.5) is 0 Å². The average molecular weight is 266 g/mol. The first-order chi connectivity index (χ1) is 9.05. The number of para-hydroxylation sites is 1. The minimum absolute atomic E-state index is 0.221. The molecule has 0 radical (unpaired) electrons. The van der Waals surface area contributed by atoms with Gasteiger partial charge in [0.2, 0.25) is 0 Å². The Morgan fingerprint density at radius 3 is 2.16 bits per heavy atom. The first-order valence-corrected chi connectivity index (χ1v) is 6.00. The van der Waals surface area contributed by atoms with Crippen molar-refractivity contribution < 1.29 is 24.1 Å². The van der Waals surface area contributed by atoms with Gasteiger partial charge in [0, 0.05) is 0 Å². The molecule has 0 spiro atoms. The van der Waals surface area contributed by atoms with E-state index in [1.165, 1.54) is 0 Å². The highest BCUT2D eigenvalue weighted by atomic mass is 16.9. The Balaban J connectivity index is 3.08. The molecule has 1 N–H and O–H groups in total. The Labute approximate surface area is 112 Å². The number of carboxylic acids is 1. The van der Waals surface area contributed by atoms with Crippen LogP contribution in [0, 0.1) is 0 Å². The number of carbonyl (C=O) groups is 1. The Hall–Kier alpha value is -1.85. The lowest BCUT2D eigenvalue weighted by Gasteiger charge is -2.32. The lowest BCUT2D eigenvalue weighted by Crippen LogP contribution is -2.46. The third-order valence-corrected chi connectivity index (χ3v) is 2.29. The number of hydrogen-bond acceptors (Lipinski definition) is 4. The molecule has 0 aliphatic carbocycles. The van der Waals surface area contributed by atoms with Gasteiger partial charge in [-0.1, -0.05) is 24.8 Å². The summed E-state index contributed by atoms with van der Waals surface area (Å²) in [5.74, 6) is -2.61. The fourth-order valence-corrected chi connectivity index (χ4v) is 1.49. The number of hydrogen-bond donors (Lipinski definition) is 1. The van der Waals surface area contributed by atoms with Gasteiger partial charge >= 0.3 is 11.9 Å². The molecule has 0 atom stereocenters. The van der Waals surface area contributed by atoms with E-state index in [-0.39, 0.29) is 18.8 Å². The molecule has 5 heteroatoms. The summed E-state index contributed by atoms with van der Waals surface area (Å²) < 4.78 is 16.3. The van der Waals surface area contributed by atoms with Gasteiger partial charge in [0.15, 0.2) is 0 Å². The van der Waals surface area contributed by atoms with E-state index in [1.54, 1.807) is 38.1 Å². The molecule has 0 bridgehead atoms. The number of aliphatic carboxylic acids is 1. The second-order valence-electron chi connectivity index (χ2n) is 3.62. The van der Waals surface area contributed by atoms with Crippen molar-refractivity contribution in [3.05, 3.63) is 42.5 Å². The van der Waals surface area contributed by atoms with Crippen LogP contribution in [-0.4, -0.2) is 30.3 Å². The predicted octanol–water partition coefficient (Wildman–Crippen LogP) is 2.43. The van der Waals surface area contributed by atoms with Gasteiger partial charge in [-0.2, -0.15) is 0 Å². The molecule has 1 aromatic carbocycles. The van der Waals surface area contributed by atoms with Crippen molar-refractivity contribution in [1.29, 1.82) is 0 Å². The molecule has 0 fully saturated rings. The topological polar surface area (TPSA) is 65.0 Å². The van der Waals surface area contributed by atoms with Crippen molar-refractivity contribution in [2.24, 2.45) is 0 Å². The van der Waals surface area contributed by atoms with Crippen molar-refractivity contribution in [3.63, 3.8) is 0 Å². The number of rotatable bonds is 8. The van der Waals surface area contributed by atoms with Crippen LogP contribution in [0.15, 0.2) is 42.5 Å². The van der Waals surface area contributed by atoms with Crippen molar-refractivity contribution >= 4 is 5.97 Å². The third kappa shape index (κ3) is 3.81. The molecule has 0 aliphatic rings. The Bertz CT molecular complexity index is 421. The minimum Gasteiger partial charge on any atom is -0.478 e. The molecule has 0 aromatic heterocycles. The summed E-state index contributed by atoms with van der Waals surface area (Å²) in [4.78, 5) is 11.1. The summed E-state index contributed by atoms with van der Waals surface area (Å²) in [6, 6.07) is 8.72. The summed E-state index contributed by atoms with van der Waals surface area (Å²) in [5, 5.41) is 9.11. The van der Waals surface area contributed by atoms with E-state index in [2.05, 4.69) is 6.58 Å². The molecular weight excluding hydrogens is 248 g/mol. The molecule has 5 nitrogen and oxygen atoms in total. The summed E-state index contributed by atoms with van der Waals surface area (Å²) in [6.45, 7) is 7.37. The highest BCUT2D eigenvalue weighted by molar-refractivity contribution is 5.87. The monoisotopic (exact) mass is 266 g/mol. The largest absolute Gasteiger partial charge is 0.478 e. The highest BCUT2D eigenvalue weighted by Gasteiger charge is 2.42. The van der Waals surface area contributed by atoms with Gasteiger partial charge in [0.05, 0.1) is 13.2 Å². The molecule has 0 saturated heterocycles. The van der Waals surface area contributed by atoms with Crippen molar-refractivity contribution in [1.82, 2.24) is 0 Å². The molecule has 0 unspecified atom stereocenters. The van der Waals surface area contributed by atoms with Crippen LogP contribution in [0.25, 0.3) is 0 Å².